The van der Waals surface area contributed by atoms with Crippen LogP contribution in [0.2, 0.25) is 0 Å². The van der Waals surface area contributed by atoms with E-state index in [0.717, 1.165) is 0 Å². The number of amides is 2. The second-order valence-electron chi connectivity index (χ2n) is 5.99. The predicted octanol–water partition coefficient (Wildman–Crippen LogP) is 1.60. The molecule has 0 unspecified atom stereocenters. The van der Waals surface area contributed by atoms with Crippen LogP contribution in [-0.2, 0) is 0 Å². The quantitative estimate of drug-likeness (QED) is 0.647. The number of benzene rings is 2. The monoisotopic (exact) mass is 402 g/mol. The number of hydrogen-bond acceptors (Lipinski definition) is 7. The molecule has 1 aliphatic rings. The molecule has 1 heterocycles. The summed E-state index contributed by atoms with van der Waals surface area (Å²) < 4.78 is 26.2. The maximum atomic E-state index is 12.4. The number of ether oxygens (including phenoxy) is 5. The number of hydrogen-bond donors (Lipinski definition) is 2. The minimum Gasteiger partial charge on any atom is -0.493 e. The van der Waals surface area contributed by atoms with Crippen molar-refractivity contribution in [1.29, 1.82) is 0 Å². The van der Waals surface area contributed by atoms with Crippen LogP contribution in [0.15, 0.2) is 30.3 Å². The number of carbonyl (C=O) groups excluding carboxylic acids is 2. The Hall–Kier alpha value is -3.62. The van der Waals surface area contributed by atoms with Crippen LogP contribution in [0.1, 0.15) is 20.7 Å². The zero-order valence-electron chi connectivity index (χ0n) is 16.4. The van der Waals surface area contributed by atoms with Gasteiger partial charge >= 0.3 is 0 Å². The topological polar surface area (TPSA) is 104 Å². The molecule has 2 aromatic carbocycles. The molecular formula is C20H22N2O7. The molecule has 9 nitrogen and oxygen atoms in total. The molecule has 29 heavy (non-hydrogen) atoms. The van der Waals surface area contributed by atoms with Crippen molar-refractivity contribution in [3.63, 3.8) is 0 Å². The summed E-state index contributed by atoms with van der Waals surface area (Å²) in [6.45, 7) is 0.641. The molecule has 9 heteroatoms. The van der Waals surface area contributed by atoms with Crippen molar-refractivity contribution in [2.75, 3.05) is 41.2 Å². The molecule has 154 valence electrons. The van der Waals surface area contributed by atoms with Gasteiger partial charge in [0.2, 0.25) is 12.5 Å². The Balaban J connectivity index is 1.54. The highest BCUT2D eigenvalue weighted by molar-refractivity contribution is 5.96. The number of rotatable bonds is 8. The predicted molar refractivity (Wildman–Crippen MR) is 103 cm³/mol. The molecule has 2 aromatic rings. The van der Waals surface area contributed by atoms with Crippen molar-refractivity contribution in [1.82, 2.24) is 10.6 Å². The SMILES string of the molecule is COc1cc(C(=O)NCCNC(=O)c2ccc3c(c2)OCO3)cc(OC)c1OC. The summed E-state index contributed by atoms with van der Waals surface area (Å²) in [6.07, 6.45) is 0. The molecule has 0 radical (unpaired) electrons. The summed E-state index contributed by atoms with van der Waals surface area (Å²) >= 11 is 0. The molecule has 0 bridgehead atoms. The second-order valence-corrected chi connectivity index (χ2v) is 5.99. The van der Waals surface area contributed by atoms with Crippen LogP contribution in [0.25, 0.3) is 0 Å². The van der Waals surface area contributed by atoms with Gasteiger partial charge in [-0.25, -0.2) is 0 Å². The normalized spacial score (nSPS) is 11.6. The average Bonchev–Trinajstić information content (AvgIpc) is 3.23. The van der Waals surface area contributed by atoms with Crippen LogP contribution < -0.4 is 34.3 Å². The molecule has 0 atom stereocenters. The van der Waals surface area contributed by atoms with Gasteiger partial charge in [-0.2, -0.15) is 0 Å². The minimum absolute atomic E-state index is 0.146. The smallest absolute Gasteiger partial charge is 0.251 e. The summed E-state index contributed by atoms with van der Waals surface area (Å²) in [7, 11) is 4.44. The van der Waals surface area contributed by atoms with E-state index in [1.54, 1.807) is 30.3 Å². The molecule has 1 aliphatic heterocycles. The largest absolute Gasteiger partial charge is 0.493 e. The first kappa shape index (κ1) is 20.1. The Labute approximate surface area is 167 Å². The van der Waals surface area contributed by atoms with Gasteiger partial charge in [0.25, 0.3) is 11.8 Å². The number of nitrogens with one attached hydrogen (secondary N) is 2. The molecule has 2 amide bonds. The van der Waals surface area contributed by atoms with Gasteiger partial charge in [-0.1, -0.05) is 0 Å². The molecular weight excluding hydrogens is 380 g/mol. The maximum Gasteiger partial charge on any atom is 0.251 e. The van der Waals surface area contributed by atoms with E-state index < -0.39 is 0 Å². The fourth-order valence-corrected chi connectivity index (χ4v) is 2.81. The first-order chi connectivity index (χ1) is 14.1. The van der Waals surface area contributed by atoms with Gasteiger partial charge in [0.15, 0.2) is 23.0 Å². The maximum absolute atomic E-state index is 12.4. The van der Waals surface area contributed by atoms with E-state index in [2.05, 4.69) is 10.6 Å². The summed E-state index contributed by atoms with van der Waals surface area (Å²) in [5, 5.41) is 5.48. The third-order valence-electron chi connectivity index (χ3n) is 4.26. The van der Waals surface area contributed by atoms with Crippen molar-refractivity contribution in [2.45, 2.75) is 0 Å². The lowest BCUT2D eigenvalue weighted by atomic mass is 10.1. The van der Waals surface area contributed by atoms with E-state index in [1.165, 1.54) is 21.3 Å². The van der Waals surface area contributed by atoms with Gasteiger partial charge in [0, 0.05) is 24.2 Å². The summed E-state index contributed by atoms with van der Waals surface area (Å²) in [5.41, 5.74) is 0.798. The highest BCUT2D eigenvalue weighted by Gasteiger charge is 2.18. The highest BCUT2D eigenvalue weighted by atomic mass is 16.7. The molecule has 0 saturated carbocycles. The van der Waals surface area contributed by atoms with E-state index in [9.17, 15) is 9.59 Å². The Bertz CT molecular complexity index is 889. The Kier molecular flexibility index (Phi) is 6.28. The van der Waals surface area contributed by atoms with Crippen LogP contribution in [0.3, 0.4) is 0 Å². The van der Waals surface area contributed by atoms with E-state index in [4.69, 9.17) is 23.7 Å². The lowest BCUT2D eigenvalue weighted by Crippen LogP contribution is -2.34. The van der Waals surface area contributed by atoms with Crippen LogP contribution >= 0.6 is 0 Å². The lowest BCUT2D eigenvalue weighted by molar-refractivity contribution is 0.0927. The number of fused-ring (bicyclic) bond motifs is 1. The molecule has 0 aromatic heterocycles. The van der Waals surface area contributed by atoms with Gasteiger partial charge in [0.05, 0.1) is 21.3 Å². The van der Waals surface area contributed by atoms with Gasteiger partial charge in [-0.05, 0) is 30.3 Å². The highest BCUT2D eigenvalue weighted by Crippen LogP contribution is 2.38. The molecule has 0 saturated heterocycles. The number of carbonyl (C=O) groups is 2. The van der Waals surface area contributed by atoms with Crippen molar-refractivity contribution >= 4 is 11.8 Å². The van der Waals surface area contributed by atoms with E-state index >= 15 is 0 Å². The second kappa shape index (κ2) is 9.05. The molecule has 2 N–H and O–H groups in total. The third-order valence-corrected chi connectivity index (χ3v) is 4.26. The van der Waals surface area contributed by atoms with E-state index in [1.807, 2.05) is 0 Å². The van der Waals surface area contributed by atoms with E-state index in [-0.39, 0.29) is 31.7 Å². The van der Waals surface area contributed by atoms with Crippen molar-refractivity contribution in [2.24, 2.45) is 0 Å². The fourth-order valence-electron chi connectivity index (χ4n) is 2.81. The Morgan fingerprint density at radius 3 is 2.00 bits per heavy atom. The van der Waals surface area contributed by atoms with Crippen molar-refractivity contribution in [3.8, 4) is 28.7 Å². The molecule has 3 rings (SSSR count). The van der Waals surface area contributed by atoms with Gasteiger partial charge in [-0.15, -0.1) is 0 Å². The zero-order valence-corrected chi connectivity index (χ0v) is 16.4. The first-order valence-corrected chi connectivity index (χ1v) is 8.83. The van der Waals surface area contributed by atoms with Gasteiger partial charge < -0.3 is 34.3 Å². The Morgan fingerprint density at radius 1 is 0.828 bits per heavy atom. The van der Waals surface area contributed by atoms with Crippen LogP contribution in [-0.4, -0.2) is 53.0 Å². The molecule has 0 spiro atoms. The minimum atomic E-state index is -0.332. The molecule has 0 aliphatic carbocycles. The summed E-state index contributed by atoms with van der Waals surface area (Å²) in [5.74, 6) is 1.71. The number of methoxy groups -OCH3 is 3. The fraction of sp³-hybridized carbons (Fsp3) is 0.300. The van der Waals surface area contributed by atoms with Crippen LogP contribution in [0, 0.1) is 0 Å². The third kappa shape index (κ3) is 4.45. The van der Waals surface area contributed by atoms with Crippen LogP contribution in [0.4, 0.5) is 0 Å². The van der Waals surface area contributed by atoms with Gasteiger partial charge in [-0.3, -0.25) is 9.59 Å². The standard InChI is InChI=1S/C20H22N2O7/c1-25-16-9-13(10-17(26-2)18(16)27-3)20(24)22-7-6-21-19(23)12-4-5-14-15(8-12)29-11-28-14/h4-5,8-10H,6-7,11H2,1-3H3,(H,21,23)(H,22,24). The summed E-state index contributed by atoms with van der Waals surface area (Å²) in [6, 6.07) is 8.07. The zero-order chi connectivity index (χ0) is 20.8. The Morgan fingerprint density at radius 2 is 1.41 bits per heavy atom. The average molecular weight is 402 g/mol. The van der Waals surface area contributed by atoms with Crippen molar-refractivity contribution in [3.05, 3.63) is 41.5 Å². The van der Waals surface area contributed by atoms with Crippen LogP contribution in [0.5, 0.6) is 28.7 Å². The van der Waals surface area contributed by atoms with Gasteiger partial charge in [0.1, 0.15) is 0 Å². The first-order valence-electron chi connectivity index (χ1n) is 8.83. The van der Waals surface area contributed by atoms with E-state index in [0.29, 0.717) is 39.9 Å². The molecule has 0 fully saturated rings. The summed E-state index contributed by atoms with van der Waals surface area (Å²) in [4.78, 5) is 24.6. The van der Waals surface area contributed by atoms with Crippen molar-refractivity contribution < 1.29 is 33.3 Å². The lowest BCUT2D eigenvalue weighted by Gasteiger charge is -2.14.